The minimum absolute atomic E-state index is 0.225. The predicted octanol–water partition coefficient (Wildman–Crippen LogP) is 3.38. The predicted molar refractivity (Wildman–Crippen MR) is 109 cm³/mol. The van der Waals surface area contributed by atoms with Gasteiger partial charge in [-0.2, -0.15) is 0 Å². The minimum atomic E-state index is -0.670. The highest BCUT2D eigenvalue weighted by atomic mass is 16.6. The molecular weight excluding hydrogens is 362 g/mol. The molecule has 1 aromatic rings. The van der Waals surface area contributed by atoms with Crippen LogP contribution >= 0.6 is 0 Å². The van der Waals surface area contributed by atoms with E-state index in [1.165, 1.54) is 20.4 Å². The Labute approximate surface area is 167 Å². The van der Waals surface area contributed by atoms with E-state index in [1.54, 1.807) is 67.8 Å². The van der Waals surface area contributed by atoms with Gasteiger partial charge in [0.2, 0.25) is 0 Å². The molecule has 0 aliphatic heterocycles. The van der Waals surface area contributed by atoms with Crippen molar-refractivity contribution in [1.29, 1.82) is 0 Å². The summed E-state index contributed by atoms with van der Waals surface area (Å²) in [6, 6.07) is 4.71. The van der Waals surface area contributed by atoms with Gasteiger partial charge in [-0.15, -0.1) is 0 Å². The second kappa shape index (κ2) is 9.12. The smallest absolute Gasteiger partial charge is 0.415 e. The van der Waals surface area contributed by atoms with Crippen molar-refractivity contribution in [2.45, 2.75) is 59.2 Å². The summed E-state index contributed by atoms with van der Waals surface area (Å²) in [5.74, 6) is 0.432. The van der Waals surface area contributed by atoms with Crippen molar-refractivity contribution in [3.05, 3.63) is 28.6 Å². The van der Waals surface area contributed by atoms with Gasteiger partial charge >= 0.3 is 12.2 Å². The molecule has 0 bridgehead atoms. The second-order valence-electron chi connectivity index (χ2n) is 8.67. The third-order valence-corrected chi connectivity index (χ3v) is 3.63. The summed E-state index contributed by atoms with van der Waals surface area (Å²) in [4.78, 5) is 39.6. The lowest BCUT2D eigenvalue weighted by Gasteiger charge is -2.29. The number of pyridine rings is 1. The molecule has 0 unspecified atom stereocenters. The molecule has 0 atom stereocenters. The number of hydrogen-bond donors (Lipinski definition) is 0. The molecule has 0 radical (unpaired) electrons. The van der Waals surface area contributed by atoms with Crippen molar-refractivity contribution in [2.75, 3.05) is 25.0 Å². The van der Waals surface area contributed by atoms with Crippen LogP contribution in [0, 0.1) is 0 Å². The third-order valence-electron chi connectivity index (χ3n) is 3.63. The molecule has 1 aromatic heterocycles. The number of amides is 2. The van der Waals surface area contributed by atoms with E-state index in [0.29, 0.717) is 18.8 Å². The Morgan fingerprint density at radius 2 is 1.50 bits per heavy atom. The molecule has 0 spiro atoms. The van der Waals surface area contributed by atoms with Crippen LogP contribution in [0.4, 0.5) is 15.4 Å². The molecule has 28 heavy (non-hydrogen) atoms. The van der Waals surface area contributed by atoms with E-state index in [2.05, 4.69) is 0 Å². The molecule has 158 valence electrons. The van der Waals surface area contributed by atoms with Crippen LogP contribution in [-0.2, 0) is 16.5 Å². The quantitative estimate of drug-likeness (QED) is 0.763. The Balaban J connectivity index is 2.90. The molecule has 0 aliphatic rings. The Kier molecular flexibility index (Phi) is 7.66. The Morgan fingerprint density at radius 1 is 0.964 bits per heavy atom. The van der Waals surface area contributed by atoms with Gasteiger partial charge in [-0.05, 0) is 54.0 Å². The number of aromatic nitrogens is 1. The molecule has 0 aromatic carbocycles. The van der Waals surface area contributed by atoms with E-state index in [4.69, 9.17) is 9.47 Å². The highest BCUT2D eigenvalue weighted by Gasteiger charge is 2.25. The van der Waals surface area contributed by atoms with Gasteiger partial charge < -0.3 is 14.4 Å². The van der Waals surface area contributed by atoms with Gasteiger partial charge in [-0.1, -0.05) is 6.07 Å². The third kappa shape index (κ3) is 7.62. The SMILES string of the molecule is CN(CCCN(C(=O)OC(C)(C)C)c1cccc(=O)n1C)C(=O)OC(C)(C)C. The van der Waals surface area contributed by atoms with E-state index in [0.717, 1.165) is 0 Å². The van der Waals surface area contributed by atoms with Crippen molar-refractivity contribution >= 4 is 18.0 Å². The molecule has 8 heteroatoms. The molecule has 0 aliphatic carbocycles. The molecule has 0 N–H and O–H groups in total. The lowest BCUT2D eigenvalue weighted by atomic mass is 10.2. The fraction of sp³-hybridized carbons (Fsp3) is 0.650. The molecule has 0 saturated carbocycles. The Hall–Kier alpha value is -2.51. The molecule has 2 amide bonds. The van der Waals surface area contributed by atoms with Crippen molar-refractivity contribution in [2.24, 2.45) is 7.05 Å². The molecule has 0 saturated heterocycles. The molecular formula is C20H33N3O5. The molecule has 1 heterocycles. The van der Waals surface area contributed by atoms with Gasteiger partial charge in [0.1, 0.15) is 17.0 Å². The normalized spacial score (nSPS) is 11.7. The van der Waals surface area contributed by atoms with Crippen molar-refractivity contribution in [3.8, 4) is 0 Å². The van der Waals surface area contributed by atoms with E-state index in [-0.39, 0.29) is 12.1 Å². The standard InChI is InChI=1S/C20H33N3O5/c1-19(2,3)27-17(25)21(7)13-10-14-23(18(26)28-20(4,5)6)15-11-9-12-16(24)22(15)8/h9,11-12H,10,13-14H2,1-8H3. The first-order valence-electron chi connectivity index (χ1n) is 9.32. The van der Waals surface area contributed by atoms with Crippen LogP contribution in [0.3, 0.4) is 0 Å². The van der Waals surface area contributed by atoms with Gasteiger partial charge in [0.25, 0.3) is 5.56 Å². The fourth-order valence-electron chi connectivity index (χ4n) is 2.34. The Morgan fingerprint density at radius 3 is 2.04 bits per heavy atom. The van der Waals surface area contributed by atoms with Gasteiger partial charge in [0.05, 0.1) is 0 Å². The summed E-state index contributed by atoms with van der Waals surface area (Å²) in [5, 5.41) is 0. The summed E-state index contributed by atoms with van der Waals surface area (Å²) >= 11 is 0. The van der Waals surface area contributed by atoms with Crippen molar-refractivity contribution in [1.82, 2.24) is 9.47 Å². The average Bonchev–Trinajstić information content (AvgIpc) is 2.51. The van der Waals surface area contributed by atoms with Crippen LogP contribution < -0.4 is 10.5 Å². The average molecular weight is 396 g/mol. The van der Waals surface area contributed by atoms with E-state index in [9.17, 15) is 14.4 Å². The molecule has 8 nitrogen and oxygen atoms in total. The number of ether oxygens (including phenoxy) is 2. The number of hydrogen-bond acceptors (Lipinski definition) is 5. The summed E-state index contributed by atoms with van der Waals surface area (Å²) in [7, 11) is 3.24. The van der Waals surface area contributed by atoms with E-state index in [1.807, 2.05) is 0 Å². The van der Waals surface area contributed by atoms with Crippen LogP contribution in [0.2, 0.25) is 0 Å². The lowest BCUT2D eigenvalue weighted by molar-refractivity contribution is 0.0298. The van der Waals surface area contributed by atoms with Crippen LogP contribution in [-0.4, -0.2) is 53.0 Å². The number of carbonyl (C=O) groups excluding carboxylic acids is 2. The van der Waals surface area contributed by atoms with Crippen molar-refractivity contribution in [3.63, 3.8) is 0 Å². The zero-order valence-corrected chi connectivity index (χ0v) is 18.2. The maximum atomic E-state index is 12.7. The number of nitrogens with zero attached hydrogens (tertiary/aromatic N) is 3. The summed E-state index contributed by atoms with van der Waals surface area (Å²) in [6.45, 7) is 11.4. The van der Waals surface area contributed by atoms with Gasteiger partial charge in [-0.3, -0.25) is 14.3 Å². The minimum Gasteiger partial charge on any atom is -0.444 e. The first-order valence-corrected chi connectivity index (χ1v) is 9.32. The number of rotatable bonds is 5. The summed E-state index contributed by atoms with van der Waals surface area (Å²) in [5.41, 5.74) is -1.47. The zero-order valence-electron chi connectivity index (χ0n) is 18.2. The zero-order chi connectivity index (χ0) is 21.7. The lowest BCUT2D eigenvalue weighted by Crippen LogP contribution is -2.41. The van der Waals surface area contributed by atoms with Gasteiger partial charge in [-0.25, -0.2) is 9.59 Å². The fourth-order valence-corrected chi connectivity index (χ4v) is 2.34. The Bertz CT molecular complexity index is 743. The van der Waals surface area contributed by atoms with Gasteiger partial charge in [0.15, 0.2) is 0 Å². The summed E-state index contributed by atoms with van der Waals surface area (Å²) < 4.78 is 12.2. The largest absolute Gasteiger partial charge is 0.444 e. The monoisotopic (exact) mass is 395 g/mol. The van der Waals surface area contributed by atoms with Crippen LogP contribution in [0.15, 0.2) is 23.0 Å². The number of carbonyl (C=O) groups is 2. The van der Waals surface area contributed by atoms with E-state index < -0.39 is 23.4 Å². The maximum Gasteiger partial charge on any atom is 0.415 e. The van der Waals surface area contributed by atoms with Crippen LogP contribution in [0.5, 0.6) is 0 Å². The van der Waals surface area contributed by atoms with Crippen LogP contribution in [0.25, 0.3) is 0 Å². The first-order chi connectivity index (χ1) is 12.7. The maximum absolute atomic E-state index is 12.7. The first kappa shape index (κ1) is 23.5. The highest BCUT2D eigenvalue weighted by molar-refractivity contribution is 5.86. The highest BCUT2D eigenvalue weighted by Crippen LogP contribution is 2.17. The van der Waals surface area contributed by atoms with Crippen LogP contribution in [0.1, 0.15) is 48.0 Å². The summed E-state index contributed by atoms with van der Waals surface area (Å²) in [6.07, 6.45) is -0.491. The molecule has 1 rings (SSSR count). The topological polar surface area (TPSA) is 81.1 Å². The van der Waals surface area contributed by atoms with E-state index >= 15 is 0 Å². The second-order valence-corrected chi connectivity index (χ2v) is 8.67. The molecule has 0 fully saturated rings. The van der Waals surface area contributed by atoms with Crippen molar-refractivity contribution < 1.29 is 19.1 Å². The van der Waals surface area contributed by atoms with Gasteiger partial charge in [0, 0.05) is 33.3 Å². The number of anilines is 1.